The normalized spacial score (nSPS) is 25.5. The van der Waals surface area contributed by atoms with Gasteiger partial charge in [0.1, 0.15) is 48.8 Å². The van der Waals surface area contributed by atoms with E-state index in [2.05, 4.69) is 43.5 Å². The van der Waals surface area contributed by atoms with Crippen molar-refractivity contribution in [2.45, 2.75) is 325 Å². The second-order valence-corrected chi connectivity index (χ2v) is 21.5. The Hall–Kier alpha value is -1.53. The van der Waals surface area contributed by atoms with Gasteiger partial charge in [0.2, 0.25) is 5.91 Å². The van der Waals surface area contributed by atoms with E-state index in [1.54, 1.807) is 0 Å². The minimum absolute atomic E-state index is 0.209. The van der Waals surface area contributed by atoms with Crippen molar-refractivity contribution in [3.8, 4) is 0 Å². The van der Waals surface area contributed by atoms with Crippen LogP contribution in [0.5, 0.6) is 0 Å². The number of allylic oxidation sites excluding steroid dienone is 4. The second kappa shape index (κ2) is 45.5. The van der Waals surface area contributed by atoms with Crippen molar-refractivity contribution in [1.82, 2.24) is 5.32 Å². The number of ether oxygens (including phenoxy) is 4. The van der Waals surface area contributed by atoms with Crippen molar-refractivity contribution in [3.63, 3.8) is 0 Å². The van der Waals surface area contributed by atoms with Gasteiger partial charge in [-0.2, -0.15) is 0 Å². The Balaban J connectivity index is 1.75. The molecule has 2 fully saturated rings. The van der Waals surface area contributed by atoms with Gasteiger partial charge in [-0.15, -0.1) is 0 Å². The Morgan fingerprint density at radius 2 is 0.904 bits per heavy atom. The van der Waals surface area contributed by atoms with Gasteiger partial charge in [0, 0.05) is 6.42 Å². The predicted molar refractivity (Wildman–Crippen MR) is 291 cm³/mol. The number of amides is 1. The molecular weight excluding hydrogens is 931 g/mol. The highest BCUT2D eigenvalue weighted by atomic mass is 16.7. The topological polar surface area (TPSA) is 228 Å². The van der Waals surface area contributed by atoms with Crippen LogP contribution in [0.25, 0.3) is 0 Å². The van der Waals surface area contributed by atoms with Crippen molar-refractivity contribution in [1.29, 1.82) is 0 Å². The number of unbranched alkanes of at least 4 members (excludes halogenated alkanes) is 31. The summed E-state index contributed by atoms with van der Waals surface area (Å²) in [5.74, 6) is -0.209. The van der Waals surface area contributed by atoms with Gasteiger partial charge in [0.15, 0.2) is 12.6 Å². The van der Waals surface area contributed by atoms with Gasteiger partial charge in [0.25, 0.3) is 0 Å². The summed E-state index contributed by atoms with van der Waals surface area (Å²) in [6, 6.07) is -0.830. The molecule has 0 aromatic heterocycles. The van der Waals surface area contributed by atoms with Crippen LogP contribution < -0.4 is 5.32 Å². The first-order chi connectivity index (χ1) is 35.6. The molecule has 2 heterocycles. The quantitative estimate of drug-likeness (QED) is 0.0204. The summed E-state index contributed by atoms with van der Waals surface area (Å²) in [5.41, 5.74) is 0. The predicted octanol–water partition coefficient (Wildman–Crippen LogP) is 10.1. The molecule has 0 spiro atoms. The van der Waals surface area contributed by atoms with Crippen LogP contribution in [0.4, 0.5) is 0 Å². The standard InChI is InChI=1S/C59H111NO13/c1-3-5-7-9-11-13-15-17-19-21-23-24-25-27-29-31-33-35-37-39-41-43-51(64)60-47(48(63)42-40-38-36-34-32-30-28-26-22-20-18-16-14-12-10-8-6-4-2)46-70-58-56(69)54(67)57(50(45-62)72-58)73-59-55(68)53(66)52(65)49(44-61)71-59/h15,17,21,23,47-50,52-59,61-63,65-69H,3-14,16,18-20,22,24-46H2,1-2H3,(H,60,64)/b17-15-,23-21-. The molecule has 12 unspecified atom stereocenters. The molecule has 2 saturated heterocycles. The van der Waals surface area contributed by atoms with E-state index in [0.717, 1.165) is 64.2 Å². The zero-order valence-corrected chi connectivity index (χ0v) is 46.1. The summed E-state index contributed by atoms with van der Waals surface area (Å²) < 4.78 is 22.8. The molecule has 14 nitrogen and oxygen atoms in total. The molecule has 0 saturated carbocycles. The SMILES string of the molecule is CCCCCCC/C=C\C/C=C\CCCCCCCCCCCC(=O)NC(COC1OC(CO)C(OC2OC(CO)C(O)C(O)C2O)C(O)C1O)C(O)CCCCCCCCCCCCCCCCCCCC. The largest absolute Gasteiger partial charge is 0.394 e. The number of aliphatic hydroxyl groups excluding tert-OH is 8. The highest BCUT2D eigenvalue weighted by molar-refractivity contribution is 5.76. The van der Waals surface area contributed by atoms with Gasteiger partial charge in [-0.1, -0.05) is 224 Å². The average molecular weight is 1040 g/mol. The maximum absolute atomic E-state index is 13.3. The molecule has 0 aromatic carbocycles. The smallest absolute Gasteiger partial charge is 0.220 e. The first kappa shape index (κ1) is 67.6. The first-order valence-corrected chi connectivity index (χ1v) is 30.1. The molecule has 2 aliphatic heterocycles. The molecule has 0 radical (unpaired) electrons. The van der Waals surface area contributed by atoms with E-state index in [1.807, 2.05) is 0 Å². The lowest BCUT2D eigenvalue weighted by Gasteiger charge is -2.46. The zero-order valence-electron chi connectivity index (χ0n) is 46.1. The summed E-state index contributed by atoms with van der Waals surface area (Å²) >= 11 is 0. The van der Waals surface area contributed by atoms with Gasteiger partial charge in [0.05, 0.1) is 32.0 Å². The number of nitrogens with one attached hydrogen (secondary N) is 1. The highest BCUT2D eigenvalue weighted by Gasteiger charge is 2.51. The van der Waals surface area contributed by atoms with E-state index in [-0.39, 0.29) is 12.5 Å². The molecule has 2 rings (SSSR count). The van der Waals surface area contributed by atoms with E-state index in [1.165, 1.54) is 161 Å². The minimum Gasteiger partial charge on any atom is -0.394 e. The van der Waals surface area contributed by atoms with Crippen molar-refractivity contribution in [2.24, 2.45) is 0 Å². The number of rotatable bonds is 48. The Morgan fingerprint density at radius 1 is 0.493 bits per heavy atom. The van der Waals surface area contributed by atoms with E-state index < -0.39 is 86.8 Å². The lowest BCUT2D eigenvalue weighted by molar-refractivity contribution is -0.359. The highest BCUT2D eigenvalue weighted by Crippen LogP contribution is 2.30. The maximum Gasteiger partial charge on any atom is 0.220 e. The lowest BCUT2D eigenvalue weighted by atomic mass is 9.97. The second-order valence-electron chi connectivity index (χ2n) is 21.5. The van der Waals surface area contributed by atoms with Gasteiger partial charge in [-0.25, -0.2) is 0 Å². The summed E-state index contributed by atoms with van der Waals surface area (Å²) in [4.78, 5) is 13.3. The van der Waals surface area contributed by atoms with E-state index >= 15 is 0 Å². The molecule has 73 heavy (non-hydrogen) atoms. The molecule has 14 heteroatoms. The fourth-order valence-corrected chi connectivity index (χ4v) is 10.0. The molecule has 9 N–H and O–H groups in total. The summed E-state index contributed by atoms with van der Waals surface area (Å²) in [6.07, 6.45) is 35.9. The molecule has 430 valence electrons. The molecule has 1 amide bonds. The third kappa shape index (κ3) is 31.5. The molecule has 2 aliphatic rings. The fourth-order valence-electron chi connectivity index (χ4n) is 10.0. The average Bonchev–Trinajstić information content (AvgIpc) is 3.39. The number of aliphatic hydroxyl groups is 8. The molecular formula is C59H111NO13. The van der Waals surface area contributed by atoms with Crippen molar-refractivity contribution < 1.29 is 64.6 Å². The monoisotopic (exact) mass is 1040 g/mol. The van der Waals surface area contributed by atoms with Crippen LogP contribution in [0.2, 0.25) is 0 Å². The van der Waals surface area contributed by atoms with Crippen LogP contribution in [0.15, 0.2) is 24.3 Å². The first-order valence-electron chi connectivity index (χ1n) is 30.1. The molecule has 0 bridgehead atoms. The van der Waals surface area contributed by atoms with Gasteiger partial charge >= 0.3 is 0 Å². The van der Waals surface area contributed by atoms with Gasteiger partial charge in [-0.05, 0) is 44.9 Å². The van der Waals surface area contributed by atoms with Crippen LogP contribution in [0.1, 0.15) is 251 Å². The Labute approximate surface area is 443 Å². The third-order valence-corrected chi connectivity index (χ3v) is 14.9. The van der Waals surface area contributed by atoms with E-state index in [4.69, 9.17) is 18.9 Å². The van der Waals surface area contributed by atoms with Crippen molar-refractivity contribution >= 4 is 5.91 Å². The van der Waals surface area contributed by atoms with Crippen molar-refractivity contribution in [2.75, 3.05) is 19.8 Å². The van der Waals surface area contributed by atoms with Gasteiger partial charge in [-0.3, -0.25) is 4.79 Å². The Morgan fingerprint density at radius 3 is 1.37 bits per heavy atom. The van der Waals surface area contributed by atoms with Crippen LogP contribution >= 0.6 is 0 Å². The van der Waals surface area contributed by atoms with Crippen LogP contribution in [-0.2, 0) is 23.7 Å². The summed E-state index contributed by atoms with van der Waals surface area (Å²) in [5, 5.41) is 87.3. The fraction of sp³-hybridized carbons (Fsp3) is 0.915. The Bertz CT molecular complexity index is 1320. The van der Waals surface area contributed by atoms with Crippen LogP contribution in [0, 0.1) is 0 Å². The minimum atomic E-state index is -1.78. The van der Waals surface area contributed by atoms with E-state index in [9.17, 15) is 45.6 Å². The molecule has 0 aromatic rings. The zero-order chi connectivity index (χ0) is 53.2. The summed E-state index contributed by atoms with van der Waals surface area (Å²) in [7, 11) is 0. The molecule has 12 atom stereocenters. The lowest BCUT2D eigenvalue weighted by Crippen LogP contribution is -2.65. The maximum atomic E-state index is 13.3. The number of carbonyl (C=O) groups excluding carboxylic acids is 1. The number of carbonyl (C=O) groups is 1. The summed E-state index contributed by atoms with van der Waals surface area (Å²) in [6.45, 7) is 2.87. The number of hydrogen-bond acceptors (Lipinski definition) is 13. The Kier molecular flexibility index (Phi) is 42.1. The van der Waals surface area contributed by atoms with Crippen LogP contribution in [-0.4, -0.2) is 140 Å². The molecule has 0 aliphatic carbocycles. The van der Waals surface area contributed by atoms with Gasteiger partial charge < -0.3 is 65.1 Å². The van der Waals surface area contributed by atoms with E-state index in [0.29, 0.717) is 12.8 Å². The van der Waals surface area contributed by atoms with Crippen LogP contribution in [0.3, 0.4) is 0 Å². The third-order valence-electron chi connectivity index (χ3n) is 14.9. The van der Waals surface area contributed by atoms with Crippen molar-refractivity contribution in [3.05, 3.63) is 24.3 Å². The number of hydrogen-bond donors (Lipinski definition) is 9.